The van der Waals surface area contributed by atoms with E-state index in [9.17, 15) is 0 Å². The zero-order chi connectivity index (χ0) is 8.81. The van der Waals surface area contributed by atoms with E-state index in [1.54, 1.807) is 11.8 Å². The molecule has 1 nitrogen and oxygen atoms in total. The second-order valence-corrected chi connectivity index (χ2v) is 3.69. The predicted molar refractivity (Wildman–Crippen MR) is 56.8 cm³/mol. The quantitative estimate of drug-likeness (QED) is 0.502. The topological polar surface area (TPSA) is 12.4 Å². The Labute approximate surface area is 77.9 Å². The van der Waals surface area contributed by atoms with Crippen LogP contribution in [0.2, 0.25) is 0 Å². The van der Waals surface area contributed by atoms with Gasteiger partial charge < -0.3 is 0 Å². The van der Waals surface area contributed by atoms with Crippen molar-refractivity contribution in [2.24, 2.45) is 4.99 Å². The van der Waals surface area contributed by atoms with Gasteiger partial charge in [-0.3, -0.25) is 4.99 Å². The van der Waals surface area contributed by atoms with Gasteiger partial charge in [-0.15, -0.1) is 11.8 Å². The summed E-state index contributed by atoms with van der Waals surface area (Å²) in [7, 11) is 1.83. The van der Waals surface area contributed by atoms with Crippen LogP contribution in [0.4, 0.5) is 0 Å². The molecule has 0 spiro atoms. The maximum absolute atomic E-state index is 4.08. The molecule has 1 rings (SSSR count). The highest BCUT2D eigenvalue weighted by Crippen LogP contribution is 2.12. The van der Waals surface area contributed by atoms with Gasteiger partial charge in [-0.2, -0.15) is 0 Å². The van der Waals surface area contributed by atoms with Gasteiger partial charge in [0.15, 0.2) is 0 Å². The highest BCUT2D eigenvalue weighted by molar-refractivity contribution is 8.13. The average molecular weight is 179 g/mol. The summed E-state index contributed by atoms with van der Waals surface area (Å²) in [5, 5.41) is 1.14. The standard InChI is InChI=1S/C10H13NS/c1-9(11-2)12-8-10-6-4-3-5-7-10/h3-7H,8H2,1-2H3/b11-9+. The summed E-state index contributed by atoms with van der Waals surface area (Å²) in [6, 6.07) is 10.4. The molecular weight excluding hydrogens is 166 g/mol. The molecule has 2 heteroatoms. The molecule has 0 fully saturated rings. The third-order valence-corrected chi connectivity index (χ3v) is 2.68. The molecule has 64 valence electrons. The summed E-state index contributed by atoms with van der Waals surface area (Å²) in [6.45, 7) is 2.04. The first-order valence-electron chi connectivity index (χ1n) is 3.93. The highest BCUT2D eigenvalue weighted by Gasteiger charge is 1.93. The van der Waals surface area contributed by atoms with Gasteiger partial charge in [-0.25, -0.2) is 0 Å². The largest absolute Gasteiger partial charge is 0.287 e. The lowest BCUT2D eigenvalue weighted by Gasteiger charge is -1.99. The van der Waals surface area contributed by atoms with Crippen LogP contribution in [-0.4, -0.2) is 12.1 Å². The number of nitrogens with zero attached hydrogens (tertiary/aromatic N) is 1. The molecule has 0 aliphatic carbocycles. The number of hydrogen-bond acceptors (Lipinski definition) is 2. The molecule has 0 bridgehead atoms. The van der Waals surface area contributed by atoms with Gasteiger partial charge >= 0.3 is 0 Å². The Morgan fingerprint density at radius 1 is 1.33 bits per heavy atom. The van der Waals surface area contributed by atoms with Gasteiger partial charge in [-0.1, -0.05) is 30.3 Å². The molecule has 0 unspecified atom stereocenters. The van der Waals surface area contributed by atoms with Crippen molar-refractivity contribution >= 4 is 16.8 Å². The van der Waals surface area contributed by atoms with E-state index in [1.807, 2.05) is 20.0 Å². The van der Waals surface area contributed by atoms with Crippen molar-refractivity contribution in [3.05, 3.63) is 35.9 Å². The van der Waals surface area contributed by atoms with E-state index in [2.05, 4.69) is 29.3 Å². The first-order chi connectivity index (χ1) is 5.83. The molecule has 0 saturated heterocycles. The van der Waals surface area contributed by atoms with Gasteiger partial charge in [0, 0.05) is 12.8 Å². The number of rotatable bonds is 2. The van der Waals surface area contributed by atoms with Gasteiger partial charge in [0.05, 0.1) is 5.04 Å². The van der Waals surface area contributed by atoms with Crippen LogP contribution < -0.4 is 0 Å². The predicted octanol–water partition coefficient (Wildman–Crippen LogP) is 2.97. The van der Waals surface area contributed by atoms with E-state index < -0.39 is 0 Å². The monoisotopic (exact) mass is 179 g/mol. The smallest absolute Gasteiger partial charge is 0.0644 e. The summed E-state index contributed by atoms with van der Waals surface area (Å²) >= 11 is 1.78. The van der Waals surface area contributed by atoms with Crippen molar-refractivity contribution in [1.29, 1.82) is 0 Å². The van der Waals surface area contributed by atoms with Gasteiger partial charge in [0.1, 0.15) is 0 Å². The molecule has 0 saturated carbocycles. The van der Waals surface area contributed by atoms with E-state index >= 15 is 0 Å². The Morgan fingerprint density at radius 3 is 2.58 bits per heavy atom. The fourth-order valence-electron chi connectivity index (χ4n) is 0.827. The molecule has 0 aromatic heterocycles. The van der Waals surface area contributed by atoms with Crippen LogP contribution in [0.5, 0.6) is 0 Å². The minimum absolute atomic E-state index is 1.02. The van der Waals surface area contributed by atoms with Crippen LogP contribution in [0, 0.1) is 0 Å². The fourth-order valence-corrected chi connectivity index (χ4v) is 1.52. The molecule has 1 aromatic rings. The molecule has 0 aliphatic rings. The van der Waals surface area contributed by atoms with Gasteiger partial charge in [0.2, 0.25) is 0 Å². The minimum Gasteiger partial charge on any atom is -0.287 e. The van der Waals surface area contributed by atoms with Crippen molar-refractivity contribution in [1.82, 2.24) is 0 Å². The molecule has 0 heterocycles. The van der Waals surface area contributed by atoms with Crippen molar-refractivity contribution in [2.75, 3.05) is 7.05 Å². The second kappa shape index (κ2) is 4.99. The van der Waals surface area contributed by atoms with Crippen LogP contribution >= 0.6 is 11.8 Å². The van der Waals surface area contributed by atoms with Crippen LogP contribution in [0.15, 0.2) is 35.3 Å². The van der Waals surface area contributed by atoms with E-state index in [0.29, 0.717) is 0 Å². The molecule has 0 atom stereocenters. The van der Waals surface area contributed by atoms with Crippen LogP contribution in [0.3, 0.4) is 0 Å². The summed E-state index contributed by atoms with van der Waals surface area (Å²) in [5.41, 5.74) is 1.35. The zero-order valence-electron chi connectivity index (χ0n) is 7.45. The highest BCUT2D eigenvalue weighted by atomic mass is 32.2. The third kappa shape index (κ3) is 3.09. The fraction of sp³-hybridized carbons (Fsp3) is 0.300. The molecule has 0 N–H and O–H groups in total. The summed E-state index contributed by atoms with van der Waals surface area (Å²) in [4.78, 5) is 4.08. The van der Waals surface area contributed by atoms with Crippen molar-refractivity contribution in [2.45, 2.75) is 12.7 Å². The maximum atomic E-state index is 4.08. The summed E-state index contributed by atoms with van der Waals surface area (Å²) < 4.78 is 0. The van der Waals surface area contributed by atoms with E-state index in [-0.39, 0.29) is 0 Å². The van der Waals surface area contributed by atoms with Crippen molar-refractivity contribution in [3.8, 4) is 0 Å². The van der Waals surface area contributed by atoms with Gasteiger partial charge in [-0.05, 0) is 12.5 Å². The molecule has 0 amide bonds. The molecule has 1 aromatic carbocycles. The lowest BCUT2D eigenvalue weighted by molar-refractivity contribution is 1.41. The zero-order valence-corrected chi connectivity index (χ0v) is 8.27. The SMILES string of the molecule is C/N=C(\C)SCc1ccccc1. The summed E-state index contributed by atoms with van der Waals surface area (Å²) in [5.74, 6) is 1.02. The van der Waals surface area contributed by atoms with E-state index in [1.165, 1.54) is 5.56 Å². The number of thioether (sulfide) groups is 1. The molecule has 0 radical (unpaired) electrons. The molecular formula is C10H13NS. The lowest BCUT2D eigenvalue weighted by Crippen LogP contribution is -1.85. The van der Waals surface area contributed by atoms with Crippen LogP contribution in [-0.2, 0) is 5.75 Å². The minimum atomic E-state index is 1.02. The van der Waals surface area contributed by atoms with Crippen LogP contribution in [0.25, 0.3) is 0 Å². The maximum Gasteiger partial charge on any atom is 0.0644 e. The number of hydrogen-bond donors (Lipinski definition) is 0. The van der Waals surface area contributed by atoms with Gasteiger partial charge in [0.25, 0.3) is 0 Å². The Balaban J connectivity index is 2.44. The summed E-state index contributed by atoms with van der Waals surface area (Å²) in [6.07, 6.45) is 0. The van der Waals surface area contributed by atoms with Crippen molar-refractivity contribution < 1.29 is 0 Å². The lowest BCUT2D eigenvalue weighted by atomic mass is 10.2. The molecule has 12 heavy (non-hydrogen) atoms. The number of aliphatic imine (C=N–C) groups is 1. The average Bonchev–Trinajstić information content (AvgIpc) is 2.16. The Kier molecular flexibility index (Phi) is 3.88. The van der Waals surface area contributed by atoms with E-state index in [4.69, 9.17) is 0 Å². The Morgan fingerprint density at radius 2 is 2.00 bits per heavy atom. The molecule has 0 aliphatic heterocycles. The number of benzene rings is 1. The van der Waals surface area contributed by atoms with Crippen LogP contribution in [0.1, 0.15) is 12.5 Å². The first kappa shape index (κ1) is 9.33. The van der Waals surface area contributed by atoms with E-state index in [0.717, 1.165) is 10.8 Å². The normalized spacial score (nSPS) is 11.7. The second-order valence-electron chi connectivity index (χ2n) is 2.52. The Hall–Kier alpha value is -0.760. The third-order valence-electron chi connectivity index (χ3n) is 1.61. The Bertz CT molecular complexity index is 254. The first-order valence-corrected chi connectivity index (χ1v) is 4.91. The van der Waals surface area contributed by atoms with Crippen molar-refractivity contribution in [3.63, 3.8) is 0 Å².